The minimum absolute atomic E-state index is 0.0962. The van der Waals surface area contributed by atoms with E-state index in [0.29, 0.717) is 0 Å². The summed E-state index contributed by atoms with van der Waals surface area (Å²) in [6.45, 7) is 1.94. The van der Waals surface area contributed by atoms with Gasteiger partial charge < -0.3 is 10.4 Å². The highest BCUT2D eigenvalue weighted by Gasteiger charge is 2.10. The van der Waals surface area contributed by atoms with Crippen LogP contribution in [0.3, 0.4) is 0 Å². The van der Waals surface area contributed by atoms with Crippen molar-refractivity contribution in [2.45, 2.75) is 13.0 Å². The molecule has 0 spiro atoms. The number of benzene rings is 2. The molecule has 0 aliphatic heterocycles. The van der Waals surface area contributed by atoms with Crippen LogP contribution in [0.2, 0.25) is 0 Å². The third kappa shape index (κ3) is 2.65. The van der Waals surface area contributed by atoms with Crippen molar-refractivity contribution in [3.63, 3.8) is 0 Å². The molecule has 0 saturated carbocycles. The molecule has 3 aromatic rings. The fraction of sp³-hybridized carbons (Fsp3) is 0.118. The Kier molecular flexibility index (Phi) is 3.44. The van der Waals surface area contributed by atoms with Crippen LogP contribution in [0.4, 0.5) is 10.1 Å². The molecule has 106 valence electrons. The van der Waals surface area contributed by atoms with Gasteiger partial charge in [-0.05, 0) is 30.7 Å². The van der Waals surface area contributed by atoms with Crippen molar-refractivity contribution < 1.29 is 9.50 Å². The van der Waals surface area contributed by atoms with E-state index in [2.05, 4.69) is 10.3 Å². The number of anilines is 1. The molecule has 1 heterocycles. The maximum absolute atomic E-state index is 13.2. The van der Waals surface area contributed by atoms with Gasteiger partial charge in [-0.1, -0.05) is 24.3 Å². The first-order valence-electron chi connectivity index (χ1n) is 6.73. The third-order valence-electron chi connectivity index (χ3n) is 3.50. The molecule has 0 bridgehead atoms. The van der Waals surface area contributed by atoms with E-state index < -0.39 is 0 Å². The number of phenolic OH excluding ortho intramolecular Hbond substituents is 1. The van der Waals surface area contributed by atoms with Crippen LogP contribution in [-0.2, 0) is 0 Å². The summed E-state index contributed by atoms with van der Waals surface area (Å²) in [6.07, 6.45) is 2.83. The van der Waals surface area contributed by atoms with Crippen molar-refractivity contribution in [1.29, 1.82) is 0 Å². The quantitative estimate of drug-likeness (QED) is 0.754. The summed E-state index contributed by atoms with van der Waals surface area (Å²) < 4.78 is 13.2. The molecule has 1 atom stereocenters. The lowest BCUT2D eigenvalue weighted by Gasteiger charge is -2.17. The molecule has 0 fully saturated rings. The number of aromatic hydroxyl groups is 1. The zero-order valence-corrected chi connectivity index (χ0v) is 11.5. The van der Waals surface area contributed by atoms with Crippen molar-refractivity contribution in [1.82, 2.24) is 4.98 Å². The molecule has 0 aliphatic carbocycles. The van der Waals surface area contributed by atoms with Gasteiger partial charge in [-0.25, -0.2) is 4.39 Å². The number of phenols is 1. The molecule has 3 rings (SSSR count). The number of hydrogen-bond acceptors (Lipinski definition) is 3. The normalized spacial score (nSPS) is 12.3. The predicted octanol–water partition coefficient (Wildman–Crippen LogP) is 4.25. The van der Waals surface area contributed by atoms with E-state index >= 15 is 0 Å². The monoisotopic (exact) mass is 282 g/mol. The van der Waals surface area contributed by atoms with Crippen LogP contribution in [0, 0.1) is 5.82 Å². The smallest absolute Gasteiger partial charge is 0.141 e. The van der Waals surface area contributed by atoms with Crippen molar-refractivity contribution >= 4 is 16.5 Å². The molecule has 2 N–H and O–H groups in total. The van der Waals surface area contributed by atoms with Gasteiger partial charge in [0.05, 0.1) is 12.2 Å². The Hall–Kier alpha value is -2.62. The summed E-state index contributed by atoms with van der Waals surface area (Å²) >= 11 is 0. The number of nitrogens with one attached hydrogen (secondary N) is 1. The van der Waals surface area contributed by atoms with Crippen LogP contribution < -0.4 is 5.32 Å². The van der Waals surface area contributed by atoms with Crippen molar-refractivity contribution in [3.8, 4) is 5.75 Å². The van der Waals surface area contributed by atoms with Gasteiger partial charge in [-0.15, -0.1) is 0 Å². The molecule has 3 nitrogen and oxygen atoms in total. The zero-order chi connectivity index (χ0) is 14.8. The largest absolute Gasteiger partial charge is 0.507 e. The number of nitrogens with zero attached hydrogens (tertiary/aromatic N) is 1. The Labute approximate surface area is 122 Å². The number of aromatic nitrogens is 1. The fourth-order valence-electron chi connectivity index (χ4n) is 2.40. The maximum atomic E-state index is 13.2. The average molecular weight is 282 g/mol. The highest BCUT2D eigenvalue weighted by Crippen LogP contribution is 2.31. The summed E-state index contributed by atoms with van der Waals surface area (Å²) in [4.78, 5) is 3.87. The Morgan fingerprint density at radius 1 is 1.10 bits per heavy atom. The average Bonchev–Trinajstić information content (AvgIpc) is 2.48. The number of hydrogen-bond donors (Lipinski definition) is 2. The number of halogens is 1. The van der Waals surface area contributed by atoms with E-state index in [9.17, 15) is 9.50 Å². The fourth-order valence-corrected chi connectivity index (χ4v) is 2.40. The van der Waals surface area contributed by atoms with Gasteiger partial charge in [0.25, 0.3) is 0 Å². The lowest BCUT2D eigenvalue weighted by atomic mass is 10.1. The molecule has 2 aromatic carbocycles. The Balaban J connectivity index is 1.97. The number of fused-ring (bicyclic) bond motifs is 1. The molecule has 0 aliphatic rings. The van der Waals surface area contributed by atoms with Gasteiger partial charge in [0, 0.05) is 22.7 Å². The lowest BCUT2D eigenvalue weighted by Crippen LogP contribution is -2.07. The molecular weight excluding hydrogens is 267 g/mol. The highest BCUT2D eigenvalue weighted by molar-refractivity contribution is 5.97. The minimum atomic E-state index is -0.350. The molecule has 0 radical (unpaired) electrons. The third-order valence-corrected chi connectivity index (χ3v) is 3.50. The number of pyridine rings is 1. The Morgan fingerprint density at radius 2 is 1.86 bits per heavy atom. The van der Waals surface area contributed by atoms with E-state index in [1.807, 2.05) is 31.2 Å². The second kappa shape index (κ2) is 5.40. The van der Waals surface area contributed by atoms with Gasteiger partial charge in [0.1, 0.15) is 11.6 Å². The van der Waals surface area contributed by atoms with Gasteiger partial charge in [-0.2, -0.15) is 0 Å². The Bertz CT molecular complexity index is 789. The van der Waals surface area contributed by atoms with Crippen molar-refractivity contribution in [2.24, 2.45) is 0 Å². The van der Waals surface area contributed by atoms with Crippen LogP contribution in [0.5, 0.6) is 5.75 Å². The summed E-state index contributed by atoms with van der Waals surface area (Å²) in [6, 6.07) is 12.4. The second-order valence-electron chi connectivity index (χ2n) is 4.98. The van der Waals surface area contributed by atoms with Gasteiger partial charge in [0.2, 0.25) is 0 Å². The molecular formula is C17H15FN2O. The topological polar surface area (TPSA) is 45.1 Å². The summed E-state index contributed by atoms with van der Waals surface area (Å²) in [5.74, 6) is -0.104. The van der Waals surface area contributed by atoms with Crippen LogP contribution >= 0.6 is 0 Å². The first-order chi connectivity index (χ1) is 10.1. The molecule has 21 heavy (non-hydrogen) atoms. The first-order valence-corrected chi connectivity index (χ1v) is 6.73. The van der Waals surface area contributed by atoms with Crippen LogP contribution in [0.15, 0.2) is 54.9 Å². The standard InChI is InChI=1S/C17H15FN2O/c1-11(12-8-13(18)10-19-9-12)20-16-6-2-5-15-14(16)4-3-7-17(15)21/h2-11,20-21H,1H3. The summed E-state index contributed by atoms with van der Waals surface area (Å²) in [5.41, 5.74) is 1.66. The summed E-state index contributed by atoms with van der Waals surface area (Å²) in [7, 11) is 0. The Morgan fingerprint density at radius 3 is 2.67 bits per heavy atom. The van der Waals surface area contributed by atoms with Crippen LogP contribution in [0.25, 0.3) is 10.8 Å². The van der Waals surface area contributed by atoms with Crippen LogP contribution in [0.1, 0.15) is 18.5 Å². The summed E-state index contributed by atoms with van der Waals surface area (Å²) in [5, 5.41) is 14.9. The van der Waals surface area contributed by atoms with E-state index in [1.165, 1.54) is 12.3 Å². The molecule has 4 heteroatoms. The van der Waals surface area contributed by atoms with Crippen LogP contribution in [-0.4, -0.2) is 10.1 Å². The molecule has 1 aromatic heterocycles. The number of rotatable bonds is 3. The highest BCUT2D eigenvalue weighted by atomic mass is 19.1. The zero-order valence-electron chi connectivity index (χ0n) is 11.5. The predicted molar refractivity (Wildman–Crippen MR) is 81.8 cm³/mol. The first kappa shape index (κ1) is 13.4. The maximum Gasteiger partial charge on any atom is 0.141 e. The molecule has 1 unspecified atom stereocenters. The van der Waals surface area contributed by atoms with Crippen molar-refractivity contribution in [3.05, 3.63) is 66.2 Å². The SMILES string of the molecule is CC(Nc1cccc2c(O)cccc12)c1cncc(F)c1. The van der Waals surface area contributed by atoms with Gasteiger partial charge in [0.15, 0.2) is 0 Å². The van der Waals surface area contributed by atoms with Crippen molar-refractivity contribution in [2.75, 3.05) is 5.32 Å². The van der Waals surface area contributed by atoms with E-state index in [-0.39, 0.29) is 17.6 Å². The van der Waals surface area contributed by atoms with E-state index in [0.717, 1.165) is 22.0 Å². The van der Waals surface area contributed by atoms with E-state index in [4.69, 9.17) is 0 Å². The van der Waals surface area contributed by atoms with Gasteiger partial charge in [-0.3, -0.25) is 4.98 Å². The molecule has 0 saturated heterocycles. The minimum Gasteiger partial charge on any atom is -0.507 e. The second-order valence-corrected chi connectivity index (χ2v) is 4.98. The molecule has 0 amide bonds. The van der Waals surface area contributed by atoms with Gasteiger partial charge >= 0.3 is 0 Å². The lowest BCUT2D eigenvalue weighted by molar-refractivity contribution is 0.481. The van der Waals surface area contributed by atoms with E-state index in [1.54, 1.807) is 18.3 Å².